The Bertz CT molecular complexity index is 1340. The molecule has 362 valence electrons. The van der Waals surface area contributed by atoms with E-state index in [-0.39, 0.29) is 37.5 Å². The van der Waals surface area contributed by atoms with E-state index in [1.54, 1.807) is 0 Å². The Morgan fingerprint density at radius 1 is 0.344 bits per heavy atom. The first kappa shape index (κ1) is 60.1. The van der Waals surface area contributed by atoms with Crippen molar-refractivity contribution in [2.75, 3.05) is 13.2 Å². The van der Waals surface area contributed by atoms with Crippen molar-refractivity contribution in [3.63, 3.8) is 0 Å². The van der Waals surface area contributed by atoms with Crippen LogP contribution in [-0.4, -0.2) is 37.2 Å². The summed E-state index contributed by atoms with van der Waals surface area (Å²) < 4.78 is 16.7. The molecular weight excluding hydrogens is 793 g/mol. The van der Waals surface area contributed by atoms with Gasteiger partial charge in [-0.2, -0.15) is 0 Å². The average molecular weight is 887 g/mol. The molecule has 0 rings (SSSR count). The van der Waals surface area contributed by atoms with E-state index in [0.29, 0.717) is 19.3 Å². The molecule has 0 aliphatic heterocycles. The Labute approximate surface area is 393 Å². The zero-order chi connectivity index (χ0) is 46.5. The third-order valence-electron chi connectivity index (χ3n) is 10.6. The topological polar surface area (TPSA) is 78.9 Å². The van der Waals surface area contributed by atoms with Crippen LogP contribution in [0.3, 0.4) is 0 Å². The van der Waals surface area contributed by atoms with Gasteiger partial charge in [0.2, 0.25) is 0 Å². The Morgan fingerprint density at radius 2 is 0.719 bits per heavy atom. The number of carbonyl (C=O) groups is 3. The molecule has 0 saturated carbocycles. The lowest BCUT2D eigenvalue weighted by molar-refractivity contribution is -0.166. The maximum atomic E-state index is 12.8. The third kappa shape index (κ3) is 49.1. The highest BCUT2D eigenvalue weighted by Crippen LogP contribution is 2.14. The number of carbonyl (C=O) groups excluding carboxylic acids is 3. The van der Waals surface area contributed by atoms with Crippen molar-refractivity contribution >= 4 is 17.9 Å². The van der Waals surface area contributed by atoms with Gasteiger partial charge < -0.3 is 14.2 Å². The van der Waals surface area contributed by atoms with Crippen LogP contribution in [0.4, 0.5) is 0 Å². The molecule has 0 aliphatic rings. The highest BCUT2D eigenvalue weighted by Gasteiger charge is 2.19. The van der Waals surface area contributed by atoms with Crippen LogP contribution in [-0.2, 0) is 28.6 Å². The minimum Gasteiger partial charge on any atom is -0.462 e. The molecule has 0 aromatic carbocycles. The standard InChI is InChI=1S/C58H94O6/c1-4-7-10-13-16-19-22-25-28-31-33-36-39-42-45-48-51-57(60)63-54-55(64-58(61)52-49-46-43-40-37-34-30-27-24-21-18-15-12-9-6-3)53-62-56(59)50-47-44-41-38-35-32-29-26-23-20-17-14-11-8-5-2/h7,9-10,12,15-16,18-21,23-25,28,33,36,42,45,55H,4-6,8,11,13-14,17,22,26-27,29-32,34-35,37-41,43-44,46-54H2,1-3H3/b10-7-,12-9-,18-15-,19-16-,23-20-,24-21-,28-25-,36-33-,45-42-. The summed E-state index contributed by atoms with van der Waals surface area (Å²) in [4.78, 5) is 38.0. The summed E-state index contributed by atoms with van der Waals surface area (Å²) in [6.45, 7) is 6.29. The molecular formula is C58H94O6. The maximum absolute atomic E-state index is 12.8. The van der Waals surface area contributed by atoms with Crippen LogP contribution in [0.25, 0.3) is 0 Å². The lowest BCUT2D eigenvalue weighted by Crippen LogP contribution is -2.30. The first-order valence-electron chi connectivity index (χ1n) is 25.9. The quantitative estimate of drug-likeness (QED) is 0.0199. The number of allylic oxidation sites excluding steroid dienone is 18. The molecule has 0 saturated heterocycles. The second kappa shape index (κ2) is 51.7. The van der Waals surface area contributed by atoms with E-state index < -0.39 is 6.10 Å². The molecule has 64 heavy (non-hydrogen) atoms. The van der Waals surface area contributed by atoms with E-state index >= 15 is 0 Å². The molecule has 0 bridgehead atoms. The molecule has 0 aromatic rings. The fourth-order valence-corrected chi connectivity index (χ4v) is 6.72. The van der Waals surface area contributed by atoms with E-state index in [4.69, 9.17) is 14.2 Å². The second-order valence-electron chi connectivity index (χ2n) is 16.7. The van der Waals surface area contributed by atoms with Crippen LogP contribution in [0.5, 0.6) is 0 Å². The van der Waals surface area contributed by atoms with Crippen molar-refractivity contribution in [2.45, 2.75) is 226 Å². The summed E-state index contributed by atoms with van der Waals surface area (Å²) >= 11 is 0. The van der Waals surface area contributed by atoms with Crippen molar-refractivity contribution in [2.24, 2.45) is 0 Å². The highest BCUT2D eigenvalue weighted by atomic mass is 16.6. The molecule has 0 radical (unpaired) electrons. The summed E-state index contributed by atoms with van der Waals surface area (Å²) in [5.41, 5.74) is 0. The lowest BCUT2D eigenvalue weighted by Gasteiger charge is -2.18. The lowest BCUT2D eigenvalue weighted by atomic mass is 10.1. The van der Waals surface area contributed by atoms with Crippen molar-refractivity contribution in [1.29, 1.82) is 0 Å². The molecule has 6 heteroatoms. The third-order valence-corrected chi connectivity index (χ3v) is 10.6. The van der Waals surface area contributed by atoms with Crippen LogP contribution in [0.2, 0.25) is 0 Å². The monoisotopic (exact) mass is 887 g/mol. The predicted molar refractivity (Wildman–Crippen MR) is 274 cm³/mol. The minimum atomic E-state index is -0.817. The van der Waals surface area contributed by atoms with Crippen molar-refractivity contribution in [3.8, 4) is 0 Å². The van der Waals surface area contributed by atoms with Crippen molar-refractivity contribution < 1.29 is 28.6 Å². The summed E-state index contributed by atoms with van der Waals surface area (Å²) in [6, 6.07) is 0. The van der Waals surface area contributed by atoms with Gasteiger partial charge in [0.1, 0.15) is 13.2 Å². The molecule has 1 atom stereocenters. The van der Waals surface area contributed by atoms with Gasteiger partial charge in [0.25, 0.3) is 0 Å². The molecule has 0 N–H and O–H groups in total. The Morgan fingerprint density at radius 3 is 1.22 bits per heavy atom. The van der Waals surface area contributed by atoms with Crippen LogP contribution in [0, 0.1) is 0 Å². The fraction of sp³-hybridized carbons (Fsp3) is 0.638. The van der Waals surface area contributed by atoms with E-state index in [2.05, 4.69) is 118 Å². The molecule has 0 fully saturated rings. The van der Waals surface area contributed by atoms with Crippen LogP contribution in [0.15, 0.2) is 109 Å². The largest absolute Gasteiger partial charge is 0.462 e. The van der Waals surface area contributed by atoms with Crippen LogP contribution < -0.4 is 0 Å². The number of hydrogen-bond acceptors (Lipinski definition) is 6. The van der Waals surface area contributed by atoms with Gasteiger partial charge in [-0.15, -0.1) is 0 Å². The van der Waals surface area contributed by atoms with Gasteiger partial charge in [-0.05, 0) is 96.3 Å². The molecule has 0 heterocycles. The maximum Gasteiger partial charge on any atom is 0.306 e. The predicted octanol–water partition coefficient (Wildman–Crippen LogP) is 17.1. The number of rotatable bonds is 45. The van der Waals surface area contributed by atoms with E-state index in [0.717, 1.165) is 89.9 Å². The fourth-order valence-electron chi connectivity index (χ4n) is 6.72. The molecule has 1 unspecified atom stereocenters. The number of esters is 3. The van der Waals surface area contributed by atoms with Crippen LogP contribution in [0.1, 0.15) is 220 Å². The van der Waals surface area contributed by atoms with E-state index in [9.17, 15) is 14.4 Å². The van der Waals surface area contributed by atoms with E-state index in [1.165, 1.54) is 83.5 Å². The molecule has 0 spiro atoms. The van der Waals surface area contributed by atoms with E-state index in [1.807, 2.05) is 12.2 Å². The average Bonchev–Trinajstić information content (AvgIpc) is 3.29. The minimum absolute atomic E-state index is 0.110. The Hall–Kier alpha value is -3.93. The van der Waals surface area contributed by atoms with Gasteiger partial charge in [0, 0.05) is 19.3 Å². The van der Waals surface area contributed by atoms with Crippen molar-refractivity contribution in [3.05, 3.63) is 109 Å². The Kier molecular flexibility index (Phi) is 48.5. The number of hydrogen-bond donors (Lipinski definition) is 0. The molecule has 0 aromatic heterocycles. The molecule has 0 aliphatic carbocycles. The second-order valence-corrected chi connectivity index (χ2v) is 16.7. The van der Waals surface area contributed by atoms with Gasteiger partial charge in [-0.25, -0.2) is 0 Å². The summed E-state index contributed by atoms with van der Waals surface area (Å²) in [5, 5.41) is 0. The first-order chi connectivity index (χ1) is 31.5. The number of unbranched alkanes of at least 4 members (excludes halogenated alkanes) is 18. The van der Waals surface area contributed by atoms with Gasteiger partial charge in [0.15, 0.2) is 6.10 Å². The smallest absolute Gasteiger partial charge is 0.306 e. The van der Waals surface area contributed by atoms with Gasteiger partial charge in [0.05, 0.1) is 0 Å². The summed E-state index contributed by atoms with van der Waals surface area (Å²) in [5.74, 6) is -1.02. The SMILES string of the molecule is CC\C=C/C=C\C=C/CCCCCCCCCC(=O)OC(COC(=O)CC/C=C\C/C=C\C/C=C\C/C=C\C/C=C\CC)COC(=O)CCCCCCCCC/C=C\CCCCCC. The van der Waals surface area contributed by atoms with Gasteiger partial charge in [-0.1, -0.05) is 214 Å². The zero-order valence-corrected chi connectivity index (χ0v) is 41.3. The van der Waals surface area contributed by atoms with Gasteiger partial charge >= 0.3 is 17.9 Å². The number of ether oxygens (including phenoxy) is 3. The highest BCUT2D eigenvalue weighted by molar-refractivity contribution is 5.71. The molecule has 6 nitrogen and oxygen atoms in total. The van der Waals surface area contributed by atoms with Crippen LogP contribution >= 0.6 is 0 Å². The molecule has 0 amide bonds. The first-order valence-corrected chi connectivity index (χ1v) is 25.9. The summed E-state index contributed by atoms with van der Waals surface area (Å²) in [6.07, 6.45) is 69.4. The summed E-state index contributed by atoms with van der Waals surface area (Å²) in [7, 11) is 0. The normalized spacial score (nSPS) is 13.0. The Balaban J connectivity index is 4.53. The zero-order valence-electron chi connectivity index (χ0n) is 41.3. The van der Waals surface area contributed by atoms with Gasteiger partial charge in [-0.3, -0.25) is 14.4 Å². The van der Waals surface area contributed by atoms with Crippen molar-refractivity contribution in [1.82, 2.24) is 0 Å².